The van der Waals surface area contributed by atoms with Gasteiger partial charge in [0.1, 0.15) is 12.4 Å². The van der Waals surface area contributed by atoms with E-state index in [0.717, 1.165) is 0 Å². The maximum Gasteiger partial charge on any atom is 0.335 e. The molecule has 0 amide bonds. The second-order valence-corrected chi connectivity index (χ2v) is 4.23. The molecule has 0 spiro atoms. The van der Waals surface area contributed by atoms with Crippen LogP contribution in [0.1, 0.15) is 26.3 Å². The molecule has 4 heteroatoms. The zero-order valence-electron chi connectivity index (χ0n) is 11.1. The Hall–Kier alpha value is -3.06. The van der Waals surface area contributed by atoms with Crippen LogP contribution >= 0.6 is 0 Å². The van der Waals surface area contributed by atoms with Crippen molar-refractivity contribution in [3.8, 4) is 18.1 Å². The Morgan fingerprint density at radius 3 is 2.33 bits per heavy atom. The lowest BCUT2D eigenvalue weighted by molar-refractivity contribution is 0.0697. The third-order valence-electron chi connectivity index (χ3n) is 2.81. The van der Waals surface area contributed by atoms with E-state index in [0.29, 0.717) is 16.9 Å². The molecule has 4 nitrogen and oxygen atoms in total. The van der Waals surface area contributed by atoms with Crippen molar-refractivity contribution in [3.63, 3.8) is 0 Å². The van der Waals surface area contributed by atoms with E-state index < -0.39 is 5.97 Å². The summed E-state index contributed by atoms with van der Waals surface area (Å²) in [6.45, 7) is 0.161. The first kappa shape index (κ1) is 14.4. The van der Waals surface area contributed by atoms with Crippen LogP contribution in [0.15, 0.2) is 48.5 Å². The highest BCUT2D eigenvalue weighted by Crippen LogP contribution is 2.16. The summed E-state index contributed by atoms with van der Waals surface area (Å²) in [7, 11) is 0. The number of benzene rings is 2. The number of ketones is 1. The summed E-state index contributed by atoms with van der Waals surface area (Å²) in [5.41, 5.74) is 0.854. The van der Waals surface area contributed by atoms with E-state index in [2.05, 4.69) is 5.92 Å². The minimum atomic E-state index is -1.07. The molecule has 0 radical (unpaired) electrons. The lowest BCUT2D eigenvalue weighted by Gasteiger charge is -2.05. The molecule has 0 aromatic heterocycles. The van der Waals surface area contributed by atoms with Gasteiger partial charge in [0.15, 0.2) is 5.78 Å². The molecule has 0 unspecified atom stereocenters. The van der Waals surface area contributed by atoms with Gasteiger partial charge in [-0.15, -0.1) is 6.42 Å². The summed E-state index contributed by atoms with van der Waals surface area (Å²) in [5, 5.41) is 8.94. The zero-order chi connectivity index (χ0) is 15.2. The molecule has 0 fully saturated rings. The Balaban J connectivity index is 2.22. The number of ether oxygens (including phenoxy) is 1. The fraction of sp³-hybridized carbons (Fsp3) is 0.0588. The minimum Gasteiger partial charge on any atom is -0.481 e. The molecule has 21 heavy (non-hydrogen) atoms. The number of carbonyl (C=O) groups excluding carboxylic acids is 1. The van der Waals surface area contributed by atoms with Crippen molar-refractivity contribution in [2.75, 3.05) is 6.61 Å². The number of terminal acetylenes is 1. The van der Waals surface area contributed by atoms with Crippen LogP contribution in [0.2, 0.25) is 0 Å². The number of rotatable bonds is 5. The van der Waals surface area contributed by atoms with Gasteiger partial charge in [-0.1, -0.05) is 18.1 Å². The van der Waals surface area contributed by atoms with Crippen LogP contribution in [-0.4, -0.2) is 23.5 Å². The zero-order valence-corrected chi connectivity index (χ0v) is 11.1. The molecule has 0 saturated heterocycles. The summed E-state index contributed by atoms with van der Waals surface area (Å²) < 4.78 is 5.22. The van der Waals surface area contributed by atoms with Gasteiger partial charge in [-0.3, -0.25) is 4.79 Å². The van der Waals surface area contributed by atoms with E-state index in [4.69, 9.17) is 16.3 Å². The lowest BCUT2D eigenvalue weighted by atomic mass is 10.0. The van der Waals surface area contributed by atoms with Gasteiger partial charge >= 0.3 is 5.97 Å². The van der Waals surface area contributed by atoms with Crippen LogP contribution in [0.4, 0.5) is 0 Å². The summed E-state index contributed by atoms with van der Waals surface area (Å²) in [6, 6.07) is 12.4. The number of carboxylic acid groups (broad SMARTS) is 1. The van der Waals surface area contributed by atoms with Gasteiger partial charge < -0.3 is 9.84 Å². The summed E-state index contributed by atoms with van der Waals surface area (Å²) in [5.74, 6) is 1.61. The molecule has 0 saturated carbocycles. The first-order valence-corrected chi connectivity index (χ1v) is 6.16. The Morgan fingerprint density at radius 2 is 1.71 bits per heavy atom. The largest absolute Gasteiger partial charge is 0.481 e. The minimum absolute atomic E-state index is 0.0785. The second-order valence-electron chi connectivity index (χ2n) is 4.23. The second kappa shape index (κ2) is 6.40. The Kier molecular flexibility index (Phi) is 4.37. The van der Waals surface area contributed by atoms with Crippen LogP contribution < -0.4 is 4.74 Å². The van der Waals surface area contributed by atoms with Gasteiger partial charge in [0.2, 0.25) is 0 Å². The number of carboxylic acids is 1. The van der Waals surface area contributed by atoms with Crippen LogP contribution in [0.5, 0.6) is 5.75 Å². The predicted octanol–water partition coefficient (Wildman–Crippen LogP) is 2.63. The molecule has 0 heterocycles. The topological polar surface area (TPSA) is 63.6 Å². The average Bonchev–Trinajstić information content (AvgIpc) is 2.53. The Morgan fingerprint density at radius 1 is 1.05 bits per heavy atom. The molecule has 2 aromatic rings. The van der Waals surface area contributed by atoms with Crippen LogP contribution in [-0.2, 0) is 0 Å². The SMILES string of the molecule is C#CCOc1ccc(C(=O)c2cccc(C(=O)O)c2)cc1. The molecule has 2 aromatic carbocycles. The highest BCUT2D eigenvalue weighted by Gasteiger charge is 2.11. The van der Waals surface area contributed by atoms with Gasteiger partial charge in [0.05, 0.1) is 5.56 Å². The van der Waals surface area contributed by atoms with Gasteiger partial charge in [0.25, 0.3) is 0 Å². The molecule has 1 N–H and O–H groups in total. The molecule has 0 bridgehead atoms. The van der Waals surface area contributed by atoms with Crippen molar-refractivity contribution in [3.05, 3.63) is 65.2 Å². The molecule has 0 aliphatic heterocycles. The first-order valence-electron chi connectivity index (χ1n) is 6.16. The first-order chi connectivity index (χ1) is 10.1. The van der Waals surface area contributed by atoms with E-state index in [9.17, 15) is 9.59 Å². The summed E-state index contributed by atoms with van der Waals surface area (Å²) in [6.07, 6.45) is 5.09. The summed E-state index contributed by atoms with van der Waals surface area (Å²) in [4.78, 5) is 23.2. The molecule has 0 atom stereocenters. The predicted molar refractivity (Wildman–Crippen MR) is 77.6 cm³/mol. The molecule has 104 valence electrons. The van der Waals surface area contributed by atoms with E-state index in [1.54, 1.807) is 36.4 Å². The van der Waals surface area contributed by atoms with Crippen LogP contribution in [0.25, 0.3) is 0 Å². The normalized spacial score (nSPS) is 9.67. The van der Waals surface area contributed by atoms with E-state index >= 15 is 0 Å². The van der Waals surface area contributed by atoms with Gasteiger partial charge in [-0.2, -0.15) is 0 Å². The molecular formula is C17H12O4. The van der Waals surface area contributed by atoms with E-state index in [-0.39, 0.29) is 18.0 Å². The third kappa shape index (κ3) is 3.48. The molecular weight excluding hydrogens is 268 g/mol. The van der Waals surface area contributed by atoms with Crippen molar-refractivity contribution < 1.29 is 19.4 Å². The average molecular weight is 280 g/mol. The Bertz CT molecular complexity index is 708. The number of carbonyl (C=O) groups is 2. The van der Waals surface area contributed by atoms with Crippen molar-refractivity contribution >= 4 is 11.8 Å². The highest BCUT2D eigenvalue weighted by molar-refractivity contribution is 6.09. The molecule has 2 rings (SSSR count). The van der Waals surface area contributed by atoms with Crippen molar-refractivity contribution in [2.45, 2.75) is 0 Å². The summed E-state index contributed by atoms with van der Waals surface area (Å²) >= 11 is 0. The van der Waals surface area contributed by atoms with Crippen molar-refractivity contribution in [1.29, 1.82) is 0 Å². The van der Waals surface area contributed by atoms with Gasteiger partial charge in [0, 0.05) is 11.1 Å². The quantitative estimate of drug-likeness (QED) is 0.675. The fourth-order valence-corrected chi connectivity index (χ4v) is 1.79. The van der Waals surface area contributed by atoms with Gasteiger partial charge in [-0.25, -0.2) is 4.79 Å². The van der Waals surface area contributed by atoms with Crippen LogP contribution in [0.3, 0.4) is 0 Å². The monoisotopic (exact) mass is 280 g/mol. The Labute approximate surface area is 122 Å². The maximum absolute atomic E-state index is 12.3. The van der Waals surface area contributed by atoms with Gasteiger partial charge in [-0.05, 0) is 36.4 Å². The highest BCUT2D eigenvalue weighted by atomic mass is 16.5. The smallest absolute Gasteiger partial charge is 0.335 e. The number of hydrogen-bond donors (Lipinski definition) is 1. The molecule has 0 aliphatic carbocycles. The lowest BCUT2D eigenvalue weighted by Crippen LogP contribution is -2.04. The standard InChI is InChI=1S/C17H12O4/c1-2-10-21-15-8-6-12(7-9-15)16(18)13-4-3-5-14(11-13)17(19)20/h1,3-9,11H,10H2,(H,19,20). The molecule has 0 aliphatic rings. The van der Waals surface area contributed by atoms with Crippen molar-refractivity contribution in [1.82, 2.24) is 0 Å². The van der Waals surface area contributed by atoms with Crippen LogP contribution in [0, 0.1) is 12.3 Å². The van der Waals surface area contributed by atoms with Crippen molar-refractivity contribution in [2.24, 2.45) is 0 Å². The third-order valence-corrected chi connectivity index (χ3v) is 2.81. The maximum atomic E-state index is 12.3. The van der Waals surface area contributed by atoms with E-state index in [1.807, 2.05) is 0 Å². The van der Waals surface area contributed by atoms with E-state index in [1.165, 1.54) is 12.1 Å². The number of aromatic carboxylic acids is 1. The number of hydrogen-bond acceptors (Lipinski definition) is 3. The fourth-order valence-electron chi connectivity index (χ4n) is 1.79.